The molecule has 0 radical (unpaired) electrons. The van der Waals surface area contributed by atoms with E-state index in [-0.39, 0.29) is 18.0 Å². The lowest BCUT2D eigenvalue weighted by molar-refractivity contribution is 0.359. The van der Waals surface area contributed by atoms with Gasteiger partial charge in [-0.3, -0.25) is 14.3 Å². The normalized spacial score (nSPS) is 18.5. The summed E-state index contributed by atoms with van der Waals surface area (Å²) in [6.45, 7) is 4.25. The number of rotatable bonds is 3. The van der Waals surface area contributed by atoms with Gasteiger partial charge in [-0.05, 0) is 36.0 Å². The molecule has 5 rings (SSSR count). The van der Waals surface area contributed by atoms with Crippen LogP contribution in [0.2, 0.25) is 0 Å². The fraction of sp³-hybridized carbons (Fsp3) is 0.286. The molecule has 28 heavy (non-hydrogen) atoms. The van der Waals surface area contributed by atoms with E-state index in [4.69, 9.17) is 4.52 Å². The van der Waals surface area contributed by atoms with E-state index in [0.29, 0.717) is 28.5 Å². The minimum atomic E-state index is -0.135. The van der Waals surface area contributed by atoms with E-state index in [2.05, 4.69) is 45.2 Å². The van der Waals surface area contributed by atoms with Crippen molar-refractivity contribution in [1.82, 2.24) is 24.7 Å². The fourth-order valence-electron chi connectivity index (χ4n) is 4.16. The van der Waals surface area contributed by atoms with Gasteiger partial charge in [0.15, 0.2) is 5.82 Å². The number of fused-ring (bicyclic) bond motifs is 2. The highest BCUT2D eigenvalue weighted by molar-refractivity contribution is 5.79. The predicted octanol–water partition coefficient (Wildman–Crippen LogP) is 2.86. The number of aromatic nitrogens is 5. The minimum absolute atomic E-state index is 0.119. The van der Waals surface area contributed by atoms with Crippen molar-refractivity contribution in [2.24, 2.45) is 5.92 Å². The molecule has 0 saturated carbocycles. The second-order valence-electron chi connectivity index (χ2n) is 7.43. The van der Waals surface area contributed by atoms with Crippen LogP contribution < -0.4 is 5.56 Å². The van der Waals surface area contributed by atoms with Gasteiger partial charge < -0.3 is 4.52 Å². The summed E-state index contributed by atoms with van der Waals surface area (Å²) in [5.41, 5.74) is 3.85. The second kappa shape index (κ2) is 6.37. The molecule has 0 bridgehead atoms. The van der Waals surface area contributed by atoms with E-state index in [1.165, 1.54) is 22.0 Å². The third-order valence-corrected chi connectivity index (χ3v) is 5.50. The molecule has 0 amide bonds. The van der Waals surface area contributed by atoms with Crippen LogP contribution in [0, 0.1) is 12.8 Å². The van der Waals surface area contributed by atoms with Crippen LogP contribution >= 0.6 is 0 Å². The number of aryl methyl sites for hydroxylation is 1. The zero-order valence-corrected chi connectivity index (χ0v) is 15.7. The highest BCUT2D eigenvalue weighted by Crippen LogP contribution is 2.40. The Bertz CT molecular complexity index is 1240. The summed E-state index contributed by atoms with van der Waals surface area (Å²) in [5.74, 6) is 1.60. The van der Waals surface area contributed by atoms with Crippen LogP contribution in [-0.4, -0.2) is 24.7 Å². The van der Waals surface area contributed by atoms with Crippen LogP contribution in [0.1, 0.15) is 41.2 Å². The highest BCUT2D eigenvalue weighted by Gasteiger charge is 2.33. The molecule has 4 aromatic rings. The molecule has 1 aliphatic carbocycles. The fourth-order valence-corrected chi connectivity index (χ4v) is 4.16. The summed E-state index contributed by atoms with van der Waals surface area (Å²) in [5, 5.41) is 4.79. The summed E-state index contributed by atoms with van der Waals surface area (Å²) in [4.78, 5) is 25.9. The molecule has 7 nitrogen and oxygen atoms in total. The van der Waals surface area contributed by atoms with E-state index < -0.39 is 0 Å². The van der Waals surface area contributed by atoms with Crippen LogP contribution in [0.3, 0.4) is 0 Å². The van der Waals surface area contributed by atoms with Gasteiger partial charge >= 0.3 is 0 Å². The molecule has 0 saturated heterocycles. The molecular weight excluding hydrogens is 354 g/mol. The van der Waals surface area contributed by atoms with Crippen LogP contribution in [-0.2, 0) is 13.0 Å². The van der Waals surface area contributed by atoms with E-state index >= 15 is 0 Å². The molecule has 0 N–H and O–H groups in total. The van der Waals surface area contributed by atoms with Crippen molar-refractivity contribution in [2.45, 2.75) is 32.7 Å². The Morgan fingerprint density at radius 2 is 2.11 bits per heavy atom. The van der Waals surface area contributed by atoms with E-state index in [0.717, 1.165) is 12.0 Å². The molecule has 0 spiro atoms. The third kappa shape index (κ3) is 2.62. The van der Waals surface area contributed by atoms with Gasteiger partial charge in [0.25, 0.3) is 5.56 Å². The Morgan fingerprint density at radius 3 is 3.00 bits per heavy atom. The molecule has 140 valence electrons. The van der Waals surface area contributed by atoms with Crippen molar-refractivity contribution in [3.05, 3.63) is 81.7 Å². The monoisotopic (exact) mass is 373 g/mol. The number of hydrogen-bond acceptors (Lipinski definition) is 6. The maximum atomic E-state index is 12.8. The number of nitrogens with zero attached hydrogens (tertiary/aromatic N) is 5. The Kier molecular flexibility index (Phi) is 3.82. The van der Waals surface area contributed by atoms with Gasteiger partial charge in [-0.1, -0.05) is 36.3 Å². The third-order valence-electron chi connectivity index (χ3n) is 5.50. The average molecular weight is 373 g/mol. The van der Waals surface area contributed by atoms with Crippen molar-refractivity contribution in [1.29, 1.82) is 0 Å². The Labute approximate surface area is 161 Å². The zero-order chi connectivity index (χ0) is 19.3. The van der Waals surface area contributed by atoms with Crippen LogP contribution in [0.4, 0.5) is 0 Å². The standard InChI is InChI=1S/C21H19N5O2/c1-12-7-14-5-3-4-6-15(14)18(12)20-24-17(28-25-20)10-26-11-23-16-9-22-8-13(2)19(16)21(26)27/h3-6,8-9,11-12,18H,7,10H2,1-2H3/t12-,18-/m1/s1. The molecule has 1 aromatic carbocycles. The van der Waals surface area contributed by atoms with Gasteiger partial charge in [0, 0.05) is 6.20 Å². The highest BCUT2D eigenvalue weighted by atomic mass is 16.5. The van der Waals surface area contributed by atoms with Gasteiger partial charge in [-0.25, -0.2) is 4.98 Å². The lowest BCUT2D eigenvalue weighted by Gasteiger charge is -2.11. The van der Waals surface area contributed by atoms with Crippen LogP contribution in [0.25, 0.3) is 10.9 Å². The predicted molar refractivity (Wildman–Crippen MR) is 103 cm³/mol. The van der Waals surface area contributed by atoms with Crippen LogP contribution in [0.15, 0.2) is 52.3 Å². The SMILES string of the molecule is Cc1cncc2ncn(Cc3nc([C@H]4c5ccccc5C[C@H]4C)no3)c(=O)c12. The molecule has 0 unspecified atom stereocenters. The van der Waals surface area contributed by atoms with E-state index in [1.807, 2.05) is 13.0 Å². The van der Waals surface area contributed by atoms with Crippen molar-refractivity contribution in [3.63, 3.8) is 0 Å². The summed E-state index contributed by atoms with van der Waals surface area (Å²) in [6, 6.07) is 8.40. The van der Waals surface area contributed by atoms with Crippen molar-refractivity contribution >= 4 is 10.9 Å². The molecule has 1 aliphatic rings. The Hall–Kier alpha value is -3.35. The first-order valence-electron chi connectivity index (χ1n) is 9.32. The lowest BCUT2D eigenvalue weighted by atomic mass is 9.93. The molecular formula is C21H19N5O2. The lowest BCUT2D eigenvalue weighted by Crippen LogP contribution is -2.22. The first-order chi connectivity index (χ1) is 13.6. The maximum Gasteiger partial charge on any atom is 0.262 e. The largest absolute Gasteiger partial charge is 0.337 e. The Morgan fingerprint density at radius 1 is 1.25 bits per heavy atom. The number of hydrogen-bond donors (Lipinski definition) is 0. The Balaban J connectivity index is 1.48. The molecule has 2 atom stereocenters. The second-order valence-corrected chi connectivity index (χ2v) is 7.43. The van der Waals surface area contributed by atoms with Crippen molar-refractivity contribution in [2.75, 3.05) is 0 Å². The van der Waals surface area contributed by atoms with Crippen molar-refractivity contribution < 1.29 is 4.52 Å². The summed E-state index contributed by atoms with van der Waals surface area (Å²) in [6.07, 6.45) is 5.77. The van der Waals surface area contributed by atoms with Gasteiger partial charge in [0.2, 0.25) is 5.89 Å². The molecule has 3 heterocycles. The van der Waals surface area contributed by atoms with Gasteiger partial charge in [-0.2, -0.15) is 4.98 Å². The van der Waals surface area contributed by atoms with E-state index in [9.17, 15) is 4.79 Å². The average Bonchev–Trinajstić information content (AvgIpc) is 3.27. The van der Waals surface area contributed by atoms with Gasteiger partial charge in [0.1, 0.15) is 6.54 Å². The topological polar surface area (TPSA) is 86.7 Å². The minimum Gasteiger partial charge on any atom is -0.337 e. The zero-order valence-electron chi connectivity index (χ0n) is 15.7. The van der Waals surface area contributed by atoms with E-state index in [1.54, 1.807) is 12.4 Å². The summed E-state index contributed by atoms with van der Waals surface area (Å²) >= 11 is 0. The molecule has 0 fully saturated rings. The van der Waals surface area contributed by atoms with Gasteiger partial charge in [-0.15, -0.1) is 0 Å². The quantitative estimate of drug-likeness (QED) is 0.549. The van der Waals surface area contributed by atoms with Crippen LogP contribution in [0.5, 0.6) is 0 Å². The maximum absolute atomic E-state index is 12.8. The molecule has 3 aromatic heterocycles. The first-order valence-corrected chi connectivity index (χ1v) is 9.32. The van der Waals surface area contributed by atoms with Gasteiger partial charge in [0.05, 0.1) is 29.3 Å². The summed E-state index contributed by atoms with van der Waals surface area (Å²) in [7, 11) is 0. The first kappa shape index (κ1) is 16.8. The number of benzene rings is 1. The van der Waals surface area contributed by atoms with Crippen molar-refractivity contribution in [3.8, 4) is 0 Å². The smallest absolute Gasteiger partial charge is 0.262 e. The number of pyridine rings is 1. The molecule has 7 heteroatoms. The summed E-state index contributed by atoms with van der Waals surface area (Å²) < 4.78 is 6.98. The molecule has 0 aliphatic heterocycles.